The summed E-state index contributed by atoms with van der Waals surface area (Å²) in [5.41, 5.74) is 3.85. The van der Waals surface area contributed by atoms with Gasteiger partial charge in [0.15, 0.2) is 0 Å². The Morgan fingerprint density at radius 2 is 1.67 bits per heavy atom. The first-order valence-corrected chi connectivity index (χ1v) is 12.7. The molecule has 0 bridgehead atoms. The fourth-order valence-corrected chi connectivity index (χ4v) is 4.56. The van der Waals surface area contributed by atoms with E-state index in [-0.39, 0.29) is 11.5 Å². The van der Waals surface area contributed by atoms with Gasteiger partial charge in [-0.3, -0.25) is 14.2 Å². The normalized spacial score (nSPS) is 12.2. The second kappa shape index (κ2) is 10.7. The van der Waals surface area contributed by atoms with Gasteiger partial charge in [0, 0.05) is 6.54 Å². The first kappa shape index (κ1) is 25.6. The minimum Gasteiger partial charge on any atom is -0.329 e. The summed E-state index contributed by atoms with van der Waals surface area (Å²) in [6.07, 6.45) is 0.808. The van der Waals surface area contributed by atoms with Crippen molar-refractivity contribution in [2.45, 2.75) is 47.1 Å². The van der Waals surface area contributed by atoms with Gasteiger partial charge in [-0.05, 0) is 80.6 Å². The highest BCUT2D eigenvalue weighted by molar-refractivity contribution is 6.33. The first-order valence-electron chi connectivity index (χ1n) is 12.3. The third-order valence-electron chi connectivity index (χ3n) is 6.70. The summed E-state index contributed by atoms with van der Waals surface area (Å²) in [5.74, 6) is 0.735. The van der Waals surface area contributed by atoms with E-state index < -0.39 is 6.04 Å². The number of rotatable bonds is 7. The van der Waals surface area contributed by atoms with Crippen LogP contribution < -0.4 is 5.56 Å². The lowest BCUT2D eigenvalue weighted by atomic mass is 10.1. The van der Waals surface area contributed by atoms with Crippen molar-refractivity contribution in [1.29, 1.82) is 0 Å². The highest BCUT2D eigenvalue weighted by atomic mass is 35.5. The molecule has 1 aromatic heterocycles. The van der Waals surface area contributed by atoms with Crippen molar-refractivity contribution >= 4 is 28.4 Å². The Kier molecular flexibility index (Phi) is 7.60. The van der Waals surface area contributed by atoms with Crippen LogP contribution in [0.25, 0.3) is 16.6 Å². The molecule has 1 atom stereocenters. The van der Waals surface area contributed by atoms with E-state index in [2.05, 4.69) is 13.8 Å². The number of carbonyl (C=O) groups is 1. The van der Waals surface area contributed by atoms with Gasteiger partial charge in [0.2, 0.25) is 0 Å². The molecule has 36 heavy (non-hydrogen) atoms. The molecule has 0 aliphatic rings. The summed E-state index contributed by atoms with van der Waals surface area (Å²) >= 11 is 6.42. The number of hydrogen-bond donors (Lipinski definition) is 0. The van der Waals surface area contributed by atoms with Gasteiger partial charge < -0.3 is 4.90 Å². The second-order valence-corrected chi connectivity index (χ2v) is 10.1. The number of carbonyl (C=O) groups excluding carboxylic acids is 1. The summed E-state index contributed by atoms with van der Waals surface area (Å²) in [6.45, 7) is 10.8. The number of halogens is 1. The molecule has 0 spiro atoms. The number of benzene rings is 3. The second-order valence-electron chi connectivity index (χ2n) is 9.73. The smallest absolute Gasteiger partial charge is 0.266 e. The Balaban J connectivity index is 1.93. The van der Waals surface area contributed by atoms with Crippen molar-refractivity contribution in [1.82, 2.24) is 14.5 Å². The zero-order valence-electron chi connectivity index (χ0n) is 21.5. The molecule has 1 unspecified atom stereocenters. The average Bonchev–Trinajstić information content (AvgIpc) is 2.85. The standard InChI is InChI=1S/C30H32ClN3O2/c1-19(2)16-17-33(29(35)24-10-6-8-12-26(24)31)22(5)28-32-27-13-9-7-11-25(27)30(36)34(28)23-15-14-20(3)21(4)18-23/h6-15,18-19,22H,16-17H2,1-5H3. The molecule has 1 heterocycles. The molecular weight excluding hydrogens is 470 g/mol. The van der Waals surface area contributed by atoms with Crippen molar-refractivity contribution in [3.8, 4) is 5.69 Å². The Hall–Kier alpha value is -3.44. The number of aryl methyl sites for hydroxylation is 2. The summed E-state index contributed by atoms with van der Waals surface area (Å²) in [4.78, 5) is 34.4. The molecule has 0 aliphatic heterocycles. The largest absolute Gasteiger partial charge is 0.329 e. The van der Waals surface area contributed by atoms with Crippen LogP contribution in [0.3, 0.4) is 0 Å². The van der Waals surface area contributed by atoms with Crippen molar-refractivity contribution in [2.75, 3.05) is 6.54 Å². The van der Waals surface area contributed by atoms with Crippen molar-refractivity contribution in [2.24, 2.45) is 5.92 Å². The monoisotopic (exact) mass is 501 g/mol. The molecule has 0 saturated heterocycles. The highest BCUT2D eigenvalue weighted by Crippen LogP contribution is 2.28. The lowest BCUT2D eigenvalue weighted by molar-refractivity contribution is 0.0671. The van der Waals surface area contributed by atoms with E-state index >= 15 is 0 Å². The van der Waals surface area contributed by atoms with Gasteiger partial charge in [0.05, 0.1) is 33.2 Å². The fourth-order valence-electron chi connectivity index (χ4n) is 4.34. The molecule has 186 valence electrons. The average molecular weight is 502 g/mol. The summed E-state index contributed by atoms with van der Waals surface area (Å²) in [6, 6.07) is 19.9. The van der Waals surface area contributed by atoms with Gasteiger partial charge >= 0.3 is 0 Å². The van der Waals surface area contributed by atoms with E-state index in [0.29, 0.717) is 39.8 Å². The van der Waals surface area contributed by atoms with Gasteiger partial charge in [-0.1, -0.05) is 55.8 Å². The molecule has 0 N–H and O–H groups in total. The van der Waals surface area contributed by atoms with E-state index in [1.54, 1.807) is 27.7 Å². The number of nitrogens with zero attached hydrogens (tertiary/aromatic N) is 3. The fraction of sp³-hybridized carbons (Fsp3) is 0.300. The molecule has 6 heteroatoms. The summed E-state index contributed by atoms with van der Waals surface area (Å²) in [7, 11) is 0. The molecule has 0 aliphatic carbocycles. The number of hydrogen-bond acceptors (Lipinski definition) is 3. The lowest BCUT2D eigenvalue weighted by Gasteiger charge is -2.31. The third kappa shape index (κ3) is 5.07. The molecule has 3 aromatic carbocycles. The molecule has 0 fully saturated rings. The van der Waals surface area contributed by atoms with Gasteiger partial charge in [0.1, 0.15) is 5.82 Å². The molecule has 1 amide bonds. The molecule has 4 aromatic rings. The van der Waals surface area contributed by atoms with Crippen LogP contribution in [0.1, 0.15) is 60.5 Å². The van der Waals surface area contributed by atoms with E-state index in [1.807, 2.05) is 69.3 Å². The van der Waals surface area contributed by atoms with Crippen molar-refractivity contribution < 1.29 is 4.79 Å². The number of aromatic nitrogens is 2. The van der Waals surface area contributed by atoms with Gasteiger partial charge in [-0.25, -0.2) is 4.98 Å². The SMILES string of the molecule is Cc1ccc(-n2c(C(C)N(CCC(C)C)C(=O)c3ccccc3Cl)nc3ccccc3c2=O)cc1C. The van der Waals surface area contributed by atoms with E-state index in [0.717, 1.165) is 23.2 Å². The first-order chi connectivity index (χ1) is 17.2. The van der Waals surface area contributed by atoms with E-state index in [1.165, 1.54) is 0 Å². The topological polar surface area (TPSA) is 55.2 Å². The van der Waals surface area contributed by atoms with Crippen LogP contribution in [0, 0.1) is 19.8 Å². The van der Waals surface area contributed by atoms with Gasteiger partial charge in [-0.2, -0.15) is 0 Å². The Morgan fingerprint density at radius 3 is 2.36 bits per heavy atom. The molecular formula is C30H32ClN3O2. The Morgan fingerprint density at radius 1 is 0.972 bits per heavy atom. The number of para-hydroxylation sites is 1. The highest BCUT2D eigenvalue weighted by Gasteiger charge is 2.28. The zero-order valence-corrected chi connectivity index (χ0v) is 22.2. The van der Waals surface area contributed by atoms with Crippen molar-refractivity contribution in [3.63, 3.8) is 0 Å². The molecule has 5 nitrogen and oxygen atoms in total. The minimum absolute atomic E-state index is 0.153. The van der Waals surface area contributed by atoms with Crippen LogP contribution in [0.2, 0.25) is 5.02 Å². The quantitative estimate of drug-likeness (QED) is 0.276. The maximum Gasteiger partial charge on any atom is 0.266 e. The van der Waals surface area contributed by atoms with Crippen LogP contribution in [-0.2, 0) is 0 Å². The van der Waals surface area contributed by atoms with Crippen LogP contribution in [0.15, 0.2) is 71.5 Å². The Bertz CT molecular complexity index is 1480. The minimum atomic E-state index is -0.480. The van der Waals surface area contributed by atoms with Crippen molar-refractivity contribution in [3.05, 3.63) is 105 Å². The van der Waals surface area contributed by atoms with Crippen LogP contribution in [0.4, 0.5) is 0 Å². The predicted octanol–water partition coefficient (Wildman–Crippen LogP) is 6.91. The third-order valence-corrected chi connectivity index (χ3v) is 7.03. The van der Waals surface area contributed by atoms with E-state index in [4.69, 9.17) is 16.6 Å². The maximum absolute atomic E-state index is 13.8. The lowest BCUT2D eigenvalue weighted by Crippen LogP contribution is -2.38. The summed E-state index contributed by atoms with van der Waals surface area (Å²) in [5, 5.41) is 0.945. The molecule has 0 radical (unpaired) electrons. The van der Waals surface area contributed by atoms with Gasteiger partial charge in [0.25, 0.3) is 11.5 Å². The zero-order chi connectivity index (χ0) is 26.0. The molecule has 0 saturated carbocycles. The van der Waals surface area contributed by atoms with Crippen LogP contribution >= 0.6 is 11.6 Å². The number of amides is 1. The van der Waals surface area contributed by atoms with Crippen LogP contribution in [-0.4, -0.2) is 26.9 Å². The summed E-state index contributed by atoms with van der Waals surface area (Å²) < 4.78 is 1.65. The maximum atomic E-state index is 13.8. The van der Waals surface area contributed by atoms with Crippen LogP contribution in [0.5, 0.6) is 0 Å². The Labute approximate surface area is 217 Å². The van der Waals surface area contributed by atoms with E-state index in [9.17, 15) is 9.59 Å². The predicted molar refractivity (Wildman–Crippen MR) is 147 cm³/mol. The van der Waals surface area contributed by atoms with Gasteiger partial charge in [-0.15, -0.1) is 0 Å². The number of fused-ring (bicyclic) bond motifs is 1. The molecule has 4 rings (SSSR count).